The van der Waals surface area contributed by atoms with E-state index in [1.807, 2.05) is 6.92 Å². The van der Waals surface area contributed by atoms with Crippen LogP contribution < -0.4 is 5.32 Å². The summed E-state index contributed by atoms with van der Waals surface area (Å²) in [5.41, 5.74) is 0.105. The molecule has 0 aliphatic carbocycles. The van der Waals surface area contributed by atoms with Gasteiger partial charge in [-0.3, -0.25) is 4.99 Å². The molecular formula is C10H20N2O2S2. The largest absolute Gasteiger partial charge is 0.359 e. The zero-order chi connectivity index (χ0) is 12.4. The Morgan fingerprint density at radius 1 is 1.62 bits per heavy atom. The van der Waals surface area contributed by atoms with Gasteiger partial charge >= 0.3 is 0 Å². The molecule has 1 aliphatic heterocycles. The van der Waals surface area contributed by atoms with Gasteiger partial charge in [0, 0.05) is 17.5 Å². The lowest BCUT2D eigenvalue weighted by Crippen LogP contribution is -2.40. The lowest BCUT2D eigenvalue weighted by Gasteiger charge is -2.21. The second kappa shape index (κ2) is 4.96. The maximum atomic E-state index is 11.1. The van der Waals surface area contributed by atoms with Crippen molar-refractivity contribution in [2.24, 2.45) is 4.99 Å². The fraction of sp³-hybridized carbons (Fsp3) is 0.900. The summed E-state index contributed by atoms with van der Waals surface area (Å²) >= 11 is 1.67. The Bertz CT molecular complexity index is 378. The summed E-state index contributed by atoms with van der Waals surface area (Å²) in [6.07, 6.45) is 2.29. The molecule has 6 heteroatoms. The molecule has 94 valence electrons. The van der Waals surface area contributed by atoms with Crippen molar-refractivity contribution >= 4 is 26.8 Å². The minimum atomic E-state index is -2.94. The molecule has 1 rings (SSSR count). The van der Waals surface area contributed by atoms with E-state index >= 15 is 0 Å². The fourth-order valence-corrected chi connectivity index (χ4v) is 3.75. The summed E-state index contributed by atoms with van der Waals surface area (Å²) in [6, 6.07) is -0.177. The third kappa shape index (κ3) is 4.33. The molecule has 0 spiro atoms. The molecule has 16 heavy (non-hydrogen) atoms. The maximum Gasteiger partial charge on any atom is 0.157 e. The highest BCUT2D eigenvalue weighted by molar-refractivity contribution is 8.14. The predicted octanol–water partition coefficient (Wildman–Crippen LogP) is 1.28. The first-order valence-corrected chi connectivity index (χ1v) is 8.45. The van der Waals surface area contributed by atoms with E-state index in [2.05, 4.69) is 24.2 Å². The van der Waals surface area contributed by atoms with Crippen molar-refractivity contribution in [3.8, 4) is 0 Å². The van der Waals surface area contributed by atoms with Crippen molar-refractivity contribution in [3.05, 3.63) is 0 Å². The SMILES string of the molecule is CCC1(C)CSC(=NC(C)CS(C)(=O)=O)N1. The smallest absolute Gasteiger partial charge is 0.157 e. The molecule has 2 atom stereocenters. The monoisotopic (exact) mass is 264 g/mol. The molecule has 0 aromatic rings. The summed E-state index contributed by atoms with van der Waals surface area (Å²) in [4.78, 5) is 4.39. The van der Waals surface area contributed by atoms with Crippen molar-refractivity contribution < 1.29 is 8.42 Å². The van der Waals surface area contributed by atoms with Crippen LogP contribution in [0, 0.1) is 0 Å². The average Bonchev–Trinajstić information content (AvgIpc) is 2.45. The Hall–Kier alpha value is -0.230. The lowest BCUT2D eigenvalue weighted by molar-refractivity contribution is 0.466. The van der Waals surface area contributed by atoms with Crippen molar-refractivity contribution in [1.29, 1.82) is 0 Å². The van der Waals surface area contributed by atoms with E-state index in [9.17, 15) is 8.42 Å². The summed E-state index contributed by atoms with van der Waals surface area (Å²) < 4.78 is 22.2. The summed E-state index contributed by atoms with van der Waals surface area (Å²) in [7, 11) is -2.94. The molecule has 1 fully saturated rings. The van der Waals surface area contributed by atoms with Gasteiger partial charge in [-0.15, -0.1) is 0 Å². The van der Waals surface area contributed by atoms with Gasteiger partial charge in [-0.1, -0.05) is 18.7 Å². The molecule has 0 radical (unpaired) electrons. The van der Waals surface area contributed by atoms with Gasteiger partial charge in [0.05, 0.1) is 11.8 Å². The zero-order valence-corrected chi connectivity index (χ0v) is 11.9. The van der Waals surface area contributed by atoms with Crippen molar-refractivity contribution in [2.45, 2.75) is 38.8 Å². The first-order valence-electron chi connectivity index (χ1n) is 5.40. The Morgan fingerprint density at radius 2 is 2.25 bits per heavy atom. The number of sulfone groups is 1. The van der Waals surface area contributed by atoms with Gasteiger partial charge < -0.3 is 5.32 Å². The summed E-state index contributed by atoms with van der Waals surface area (Å²) in [5.74, 6) is 1.11. The number of thioether (sulfide) groups is 1. The van der Waals surface area contributed by atoms with Crippen LogP contribution in [0.4, 0.5) is 0 Å². The first kappa shape index (κ1) is 13.8. The molecular weight excluding hydrogens is 244 g/mol. The molecule has 0 amide bonds. The second-order valence-electron chi connectivity index (χ2n) is 4.70. The third-order valence-electron chi connectivity index (χ3n) is 2.60. The molecule has 1 heterocycles. The van der Waals surface area contributed by atoms with Gasteiger partial charge in [-0.2, -0.15) is 0 Å². The van der Waals surface area contributed by atoms with E-state index in [1.54, 1.807) is 11.8 Å². The maximum absolute atomic E-state index is 11.1. The molecule has 4 nitrogen and oxygen atoms in total. The van der Waals surface area contributed by atoms with Crippen LogP contribution in [0.2, 0.25) is 0 Å². The second-order valence-corrected chi connectivity index (χ2v) is 7.85. The van der Waals surface area contributed by atoms with E-state index in [1.165, 1.54) is 6.26 Å². The van der Waals surface area contributed by atoms with Crippen LogP contribution in [0.3, 0.4) is 0 Å². The van der Waals surface area contributed by atoms with Crippen LogP contribution in [0.1, 0.15) is 27.2 Å². The number of nitrogens with zero attached hydrogens (tertiary/aromatic N) is 1. The van der Waals surface area contributed by atoms with Crippen molar-refractivity contribution in [3.63, 3.8) is 0 Å². The Labute approximate surface area is 102 Å². The average molecular weight is 264 g/mol. The number of amidine groups is 1. The van der Waals surface area contributed by atoms with E-state index in [0.717, 1.165) is 17.3 Å². The fourth-order valence-electron chi connectivity index (χ4n) is 1.49. The quantitative estimate of drug-likeness (QED) is 0.831. The minimum absolute atomic E-state index is 0.105. The highest BCUT2D eigenvalue weighted by Crippen LogP contribution is 2.25. The standard InChI is InChI=1S/C10H20N2O2S2/c1-5-10(3)7-15-9(12-10)11-8(2)6-16(4,13)14/h8H,5-7H2,1-4H3,(H,11,12). The topological polar surface area (TPSA) is 58.5 Å². The minimum Gasteiger partial charge on any atom is -0.359 e. The van der Waals surface area contributed by atoms with Gasteiger partial charge in [-0.05, 0) is 20.3 Å². The lowest BCUT2D eigenvalue weighted by atomic mass is 10.0. The van der Waals surface area contributed by atoms with E-state index in [4.69, 9.17) is 0 Å². The van der Waals surface area contributed by atoms with E-state index < -0.39 is 9.84 Å². The van der Waals surface area contributed by atoms with Gasteiger partial charge in [-0.25, -0.2) is 8.42 Å². The third-order valence-corrected chi connectivity index (χ3v) is 4.95. The van der Waals surface area contributed by atoms with Crippen LogP contribution in [-0.4, -0.2) is 42.9 Å². The molecule has 0 bridgehead atoms. The first-order chi connectivity index (χ1) is 7.24. The Kier molecular flexibility index (Phi) is 4.29. The summed E-state index contributed by atoms with van der Waals surface area (Å²) in [6.45, 7) is 6.12. The highest BCUT2D eigenvalue weighted by atomic mass is 32.2. The van der Waals surface area contributed by atoms with Crippen LogP contribution >= 0.6 is 11.8 Å². The molecule has 0 aromatic heterocycles. The van der Waals surface area contributed by atoms with Crippen LogP contribution in [0.15, 0.2) is 4.99 Å². The number of rotatable bonds is 4. The van der Waals surface area contributed by atoms with Crippen molar-refractivity contribution in [2.75, 3.05) is 17.8 Å². The molecule has 2 unspecified atom stereocenters. The van der Waals surface area contributed by atoms with Crippen LogP contribution in [0.5, 0.6) is 0 Å². The Balaban J connectivity index is 2.60. The molecule has 1 saturated heterocycles. The number of nitrogens with one attached hydrogen (secondary N) is 1. The predicted molar refractivity (Wildman–Crippen MR) is 70.9 cm³/mol. The van der Waals surface area contributed by atoms with Gasteiger partial charge in [0.2, 0.25) is 0 Å². The van der Waals surface area contributed by atoms with Crippen LogP contribution in [-0.2, 0) is 9.84 Å². The van der Waals surface area contributed by atoms with E-state index in [0.29, 0.717) is 0 Å². The summed E-state index contributed by atoms with van der Waals surface area (Å²) in [5, 5.41) is 4.23. The normalized spacial score (nSPS) is 30.4. The van der Waals surface area contributed by atoms with Crippen LogP contribution in [0.25, 0.3) is 0 Å². The van der Waals surface area contributed by atoms with Gasteiger partial charge in [0.1, 0.15) is 9.84 Å². The number of aliphatic imine (C=N–C) groups is 1. The molecule has 1 N–H and O–H groups in total. The van der Waals surface area contributed by atoms with Gasteiger partial charge in [0.15, 0.2) is 5.17 Å². The number of hydrogen-bond acceptors (Lipinski definition) is 4. The number of hydrogen-bond donors (Lipinski definition) is 1. The molecule has 0 saturated carbocycles. The molecule has 0 aromatic carbocycles. The highest BCUT2D eigenvalue weighted by Gasteiger charge is 2.30. The Morgan fingerprint density at radius 3 is 2.69 bits per heavy atom. The molecule has 1 aliphatic rings. The van der Waals surface area contributed by atoms with Crippen molar-refractivity contribution in [1.82, 2.24) is 5.32 Å². The zero-order valence-electron chi connectivity index (χ0n) is 10.3. The van der Waals surface area contributed by atoms with E-state index in [-0.39, 0.29) is 17.3 Å². The van der Waals surface area contributed by atoms with Gasteiger partial charge in [0.25, 0.3) is 0 Å².